The minimum absolute atomic E-state index is 0.493. The van der Waals surface area contributed by atoms with Crippen LogP contribution in [-0.4, -0.2) is 0 Å². The quantitative estimate of drug-likeness (QED) is 0.583. The van der Waals surface area contributed by atoms with Crippen LogP contribution in [0.2, 0.25) is 0 Å². The molecular weight excluding hydrogens is 144 g/mol. The largest absolute Gasteiger partial charge is 0.0648 e. The van der Waals surface area contributed by atoms with Crippen LogP contribution in [0.25, 0.3) is 0 Å². The molecule has 0 nitrogen and oxygen atoms in total. The van der Waals surface area contributed by atoms with E-state index in [0.717, 1.165) is 5.92 Å². The first kappa shape index (κ1) is 12.0. The van der Waals surface area contributed by atoms with Crippen molar-refractivity contribution in [3.8, 4) is 0 Å². The average molecular weight is 169 g/mol. The van der Waals surface area contributed by atoms with Crippen LogP contribution < -0.4 is 0 Å². The Morgan fingerprint density at radius 2 is 1.75 bits per heavy atom. The molecule has 0 aromatic carbocycles. The predicted molar refractivity (Wildman–Crippen MR) is 57.1 cm³/mol. The molecule has 0 saturated heterocycles. The first-order valence-corrected chi connectivity index (χ1v) is 5.16. The summed E-state index contributed by atoms with van der Waals surface area (Å²) in [6.07, 6.45) is 3.90. The zero-order valence-corrected chi connectivity index (χ0v) is 9.70. The molecule has 1 unspecified atom stereocenters. The van der Waals surface area contributed by atoms with Crippen LogP contribution in [0.3, 0.4) is 0 Å². The smallest absolute Gasteiger partial charge is 0.0272 e. The fraction of sp³-hybridized carbons (Fsp3) is 0.917. The lowest BCUT2D eigenvalue weighted by Crippen LogP contribution is -2.12. The second-order valence-corrected chi connectivity index (χ2v) is 5.38. The van der Waals surface area contributed by atoms with Gasteiger partial charge in [0.15, 0.2) is 0 Å². The summed E-state index contributed by atoms with van der Waals surface area (Å²) in [6.45, 7) is 13.9. The molecule has 0 aliphatic carbocycles. The summed E-state index contributed by atoms with van der Waals surface area (Å²) >= 11 is 0. The van der Waals surface area contributed by atoms with Gasteiger partial charge in [0.2, 0.25) is 0 Å². The van der Waals surface area contributed by atoms with E-state index in [1.165, 1.54) is 19.3 Å². The van der Waals surface area contributed by atoms with Crippen molar-refractivity contribution in [1.82, 2.24) is 0 Å². The predicted octanol–water partition coefficient (Wildman–Crippen LogP) is 4.45. The number of rotatable bonds is 4. The monoisotopic (exact) mass is 169 g/mol. The molecule has 0 aliphatic heterocycles. The topological polar surface area (TPSA) is 0 Å². The maximum Gasteiger partial charge on any atom is -0.0272 e. The Kier molecular flexibility index (Phi) is 4.89. The molecule has 12 heavy (non-hydrogen) atoms. The Morgan fingerprint density at radius 3 is 2.08 bits per heavy atom. The molecule has 0 amide bonds. The Labute approximate surface area is 78.8 Å². The van der Waals surface area contributed by atoms with Gasteiger partial charge in [-0.3, -0.25) is 0 Å². The highest BCUT2D eigenvalue weighted by Crippen LogP contribution is 2.29. The molecule has 0 rings (SSSR count). The summed E-state index contributed by atoms with van der Waals surface area (Å²) in [4.78, 5) is 0. The molecule has 73 valence electrons. The molecule has 0 bridgehead atoms. The van der Waals surface area contributed by atoms with Crippen LogP contribution >= 0.6 is 0 Å². The van der Waals surface area contributed by atoms with E-state index in [2.05, 4.69) is 41.5 Å². The summed E-state index contributed by atoms with van der Waals surface area (Å²) in [7, 11) is 0. The van der Waals surface area contributed by atoms with E-state index in [9.17, 15) is 0 Å². The van der Waals surface area contributed by atoms with E-state index in [4.69, 9.17) is 0 Å². The highest BCUT2D eigenvalue weighted by atomic mass is 14.2. The summed E-state index contributed by atoms with van der Waals surface area (Å²) in [5.74, 6) is 2.50. The highest BCUT2D eigenvalue weighted by molar-refractivity contribution is 4.84. The van der Waals surface area contributed by atoms with Crippen molar-refractivity contribution in [2.45, 2.75) is 60.8 Å². The fourth-order valence-corrected chi connectivity index (χ4v) is 1.86. The lowest BCUT2D eigenvalue weighted by molar-refractivity contribution is 0.299. The van der Waals surface area contributed by atoms with Gasteiger partial charge in [0.1, 0.15) is 0 Å². The lowest BCUT2D eigenvalue weighted by Gasteiger charge is -2.24. The molecule has 0 spiro atoms. The standard InChI is InChI=1S/C12H25/c1-7-10(2)8-11(3)9-12(4,5)6/h11H,7-9H2,1-6H3. The second-order valence-electron chi connectivity index (χ2n) is 5.38. The first-order chi connectivity index (χ1) is 5.35. The van der Waals surface area contributed by atoms with E-state index in [-0.39, 0.29) is 0 Å². The third kappa shape index (κ3) is 6.69. The maximum atomic E-state index is 2.37. The van der Waals surface area contributed by atoms with Crippen molar-refractivity contribution in [3.63, 3.8) is 0 Å². The van der Waals surface area contributed by atoms with E-state index < -0.39 is 0 Å². The van der Waals surface area contributed by atoms with Gasteiger partial charge in [-0.25, -0.2) is 0 Å². The van der Waals surface area contributed by atoms with Gasteiger partial charge in [0.25, 0.3) is 0 Å². The minimum Gasteiger partial charge on any atom is -0.0648 e. The van der Waals surface area contributed by atoms with Gasteiger partial charge in [0, 0.05) is 0 Å². The lowest BCUT2D eigenvalue weighted by atomic mass is 9.81. The molecular formula is C12H25. The molecule has 1 atom stereocenters. The number of hydrogen-bond acceptors (Lipinski definition) is 0. The van der Waals surface area contributed by atoms with E-state index in [1.54, 1.807) is 5.92 Å². The zero-order valence-electron chi connectivity index (χ0n) is 9.70. The van der Waals surface area contributed by atoms with E-state index in [1.807, 2.05) is 0 Å². The fourth-order valence-electron chi connectivity index (χ4n) is 1.86. The van der Waals surface area contributed by atoms with Gasteiger partial charge in [-0.15, -0.1) is 0 Å². The Morgan fingerprint density at radius 1 is 1.25 bits per heavy atom. The third-order valence-corrected chi connectivity index (χ3v) is 2.26. The van der Waals surface area contributed by atoms with Crippen molar-refractivity contribution in [2.24, 2.45) is 11.3 Å². The molecule has 1 radical (unpaired) electrons. The zero-order chi connectivity index (χ0) is 9.78. The SMILES string of the molecule is CC[C](C)CC(C)CC(C)(C)C. The molecule has 0 heteroatoms. The molecule has 0 aromatic rings. The Bertz CT molecular complexity index is 108. The van der Waals surface area contributed by atoms with Gasteiger partial charge in [-0.2, -0.15) is 0 Å². The van der Waals surface area contributed by atoms with E-state index >= 15 is 0 Å². The van der Waals surface area contributed by atoms with Crippen molar-refractivity contribution in [3.05, 3.63) is 5.92 Å². The Balaban J connectivity index is 3.66. The molecule has 0 heterocycles. The van der Waals surface area contributed by atoms with Gasteiger partial charge in [-0.05, 0) is 30.1 Å². The summed E-state index contributed by atoms with van der Waals surface area (Å²) in [6, 6.07) is 0. The highest BCUT2D eigenvalue weighted by Gasteiger charge is 2.16. The van der Waals surface area contributed by atoms with Gasteiger partial charge in [0.05, 0.1) is 0 Å². The second kappa shape index (κ2) is 4.89. The molecule has 0 aromatic heterocycles. The van der Waals surface area contributed by atoms with Crippen LogP contribution in [0.5, 0.6) is 0 Å². The minimum atomic E-state index is 0.493. The van der Waals surface area contributed by atoms with Crippen LogP contribution in [0, 0.1) is 17.3 Å². The molecule has 0 saturated carbocycles. The summed E-state index contributed by atoms with van der Waals surface area (Å²) in [5, 5.41) is 0. The molecule has 0 aliphatic rings. The maximum absolute atomic E-state index is 2.37. The van der Waals surface area contributed by atoms with Crippen molar-refractivity contribution in [2.75, 3.05) is 0 Å². The summed E-state index contributed by atoms with van der Waals surface area (Å²) < 4.78 is 0. The molecule has 0 fully saturated rings. The van der Waals surface area contributed by atoms with Gasteiger partial charge < -0.3 is 0 Å². The Hall–Kier alpha value is 0. The third-order valence-electron chi connectivity index (χ3n) is 2.26. The normalized spacial score (nSPS) is 15.2. The van der Waals surface area contributed by atoms with Crippen molar-refractivity contribution >= 4 is 0 Å². The van der Waals surface area contributed by atoms with Crippen molar-refractivity contribution < 1.29 is 0 Å². The van der Waals surface area contributed by atoms with Gasteiger partial charge >= 0.3 is 0 Å². The van der Waals surface area contributed by atoms with Crippen molar-refractivity contribution in [1.29, 1.82) is 0 Å². The van der Waals surface area contributed by atoms with Crippen LogP contribution in [0.4, 0.5) is 0 Å². The van der Waals surface area contributed by atoms with Crippen LogP contribution in [-0.2, 0) is 0 Å². The number of hydrogen-bond donors (Lipinski definition) is 0. The van der Waals surface area contributed by atoms with E-state index in [0.29, 0.717) is 5.41 Å². The van der Waals surface area contributed by atoms with Crippen LogP contribution in [0.1, 0.15) is 60.8 Å². The van der Waals surface area contributed by atoms with Crippen LogP contribution in [0.15, 0.2) is 0 Å². The van der Waals surface area contributed by atoms with Gasteiger partial charge in [-0.1, -0.05) is 48.0 Å². The average Bonchev–Trinajstić information content (AvgIpc) is 1.82. The summed E-state index contributed by atoms with van der Waals surface area (Å²) in [5.41, 5.74) is 0.493. The first-order valence-electron chi connectivity index (χ1n) is 5.16. The molecule has 0 N–H and O–H groups in total.